The molecule has 7 nitrogen and oxygen atoms in total. The van der Waals surface area contributed by atoms with Gasteiger partial charge < -0.3 is 19.1 Å². The highest BCUT2D eigenvalue weighted by Gasteiger charge is 2.20. The number of carbonyl (C=O) groups is 1. The number of amides is 1. The van der Waals surface area contributed by atoms with E-state index in [1.807, 2.05) is 0 Å². The van der Waals surface area contributed by atoms with Gasteiger partial charge in [0.05, 0.1) is 26.2 Å². The van der Waals surface area contributed by atoms with Crippen LogP contribution in [-0.2, 0) is 16.4 Å². The predicted molar refractivity (Wildman–Crippen MR) is 101 cm³/mol. The van der Waals surface area contributed by atoms with Gasteiger partial charge in [-0.25, -0.2) is 8.42 Å². The summed E-state index contributed by atoms with van der Waals surface area (Å²) in [4.78, 5) is 14.3. The summed E-state index contributed by atoms with van der Waals surface area (Å²) in [6.07, 6.45) is 1.11. The summed E-state index contributed by atoms with van der Waals surface area (Å²) in [5, 5.41) is 0. The largest absolute Gasteiger partial charge is 0.493 e. The Hall–Kier alpha value is -2.74. The van der Waals surface area contributed by atoms with Crippen molar-refractivity contribution in [2.45, 2.75) is 11.4 Å². The van der Waals surface area contributed by atoms with E-state index in [0.29, 0.717) is 22.8 Å². The number of rotatable bonds is 7. The van der Waals surface area contributed by atoms with Crippen molar-refractivity contribution in [2.75, 3.05) is 34.6 Å². The van der Waals surface area contributed by atoms with Crippen molar-refractivity contribution >= 4 is 15.7 Å². The molecule has 1 amide bonds. The highest BCUT2D eigenvalue weighted by Crippen LogP contribution is 2.40. The van der Waals surface area contributed by atoms with Crippen molar-refractivity contribution in [2.24, 2.45) is 0 Å². The number of carbonyl (C=O) groups excluding carboxylic acids is 1. The molecule has 0 N–H and O–H groups in total. The SMILES string of the molecule is COc1ccc(CN(C)C(=O)c2cccc(S(C)(=O)=O)c2)c(OC)c1OC. The molecule has 0 saturated heterocycles. The Bertz CT molecular complexity index is 939. The smallest absolute Gasteiger partial charge is 0.253 e. The molecule has 0 aliphatic heterocycles. The summed E-state index contributed by atoms with van der Waals surface area (Å²) in [7, 11) is 2.79. The van der Waals surface area contributed by atoms with E-state index in [0.717, 1.165) is 11.8 Å². The number of methoxy groups -OCH3 is 3. The maximum atomic E-state index is 12.7. The van der Waals surface area contributed by atoms with Gasteiger partial charge in [0.1, 0.15) is 0 Å². The lowest BCUT2D eigenvalue weighted by molar-refractivity contribution is 0.0783. The second-order valence-electron chi connectivity index (χ2n) is 5.95. The first-order valence-electron chi connectivity index (χ1n) is 8.06. The third-order valence-electron chi connectivity index (χ3n) is 4.05. The fourth-order valence-corrected chi connectivity index (χ4v) is 3.36. The van der Waals surface area contributed by atoms with Crippen LogP contribution < -0.4 is 14.2 Å². The Kier molecular flexibility index (Phi) is 6.32. The normalized spacial score (nSPS) is 11.0. The minimum absolute atomic E-state index is 0.102. The molecular weight excluding hydrogens is 370 g/mol. The quantitative estimate of drug-likeness (QED) is 0.718. The zero-order valence-electron chi connectivity index (χ0n) is 16.0. The summed E-state index contributed by atoms with van der Waals surface area (Å²) in [5.74, 6) is 1.13. The topological polar surface area (TPSA) is 82.1 Å². The van der Waals surface area contributed by atoms with Gasteiger partial charge in [-0.05, 0) is 30.3 Å². The first kappa shape index (κ1) is 20.6. The highest BCUT2D eigenvalue weighted by molar-refractivity contribution is 7.90. The molecule has 0 unspecified atom stereocenters. The van der Waals surface area contributed by atoms with E-state index >= 15 is 0 Å². The molecule has 0 aliphatic carbocycles. The van der Waals surface area contributed by atoms with Crippen molar-refractivity contribution < 1.29 is 27.4 Å². The molecule has 0 fully saturated rings. The molecular formula is C19H23NO6S. The Morgan fingerprint density at radius 3 is 2.22 bits per heavy atom. The van der Waals surface area contributed by atoms with E-state index < -0.39 is 9.84 Å². The third-order valence-corrected chi connectivity index (χ3v) is 5.16. The monoisotopic (exact) mass is 393 g/mol. The van der Waals surface area contributed by atoms with Gasteiger partial charge >= 0.3 is 0 Å². The Balaban J connectivity index is 2.32. The zero-order valence-corrected chi connectivity index (χ0v) is 16.8. The van der Waals surface area contributed by atoms with Crippen molar-refractivity contribution in [3.8, 4) is 17.2 Å². The van der Waals surface area contributed by atoms with Crippen LogP contribution >= 0.6 is 0 Å². The molecule has 0 bridgehead atoms. The standard InChI is InChI=1S/C19H23NO6S/c1-20(19(21)13-7-6-8-15(11-13)27(5,22)23)12-14-9-10-16(24-2)18(26-4)17(14)25-3/h6-11H,12H2,1-5H3. The molecule has 0 atom stereocenters. The second-order valence-corrected chi connectivity index (χ2v) is 7.97. The van der Waals surface area contributed by atoms with Gasteiger partial charge in [0.15, 0.2) is 21.3 Å². The highest BCUT2D eigenvalue weighted by atomic mass is 32.2. The van der Waals surface area contributed by atoms with Crippen LogP contribution in [0.3, 0.4) is 0 Å². The average molecular weight is 393 g/mol. The van der Waals surface area contributed by atoms with Crippen LogP contribution in [0.4, 0.5) is 0 Å². The minimum Gasteiger partial charge on any atom is -0.493 e. The van der Waals surface area contributed by atoms with Crippen molar-refractivity contribution in [1.29, 1.82) is 0 Å². The number of hydrogen-bond donors (Lipinski definition) is 0. The van der Waals surface area contributed by atoms with E-state index in [4.69, 9.17) is 14.2 Å². The molecule has 0 heterocycles. The molecule has 27 heavy (non-hydrogen) atoms. The molecule has 8 heteroatoms. The lowest BCUT2D eigenvalue weighted by atomic mass is 10.1. The van der Waals surface area contributed by atoms with Gasteiger partial charge in [0, 0.05) is 31.0 Å². The molecule has 0 aromatic heterocycles. The van der Waals surface area contributed by atoms with E-state index in [1.54, 1.807) is 31.3 Å². The molecule has 0 radical (unpaired) electrons. The van der Waals surface area contributed by atoms with E-state index in [1.165, 1.54) is 38.4 Å². The molecule has 2 aromatic carbocycles. The number of hydrogen-bond acceptors (Lipinski definition) is 6. The number of benzene rings is 2. The molecule has 0 aliphatic rings. The number of nitrogens with zero attached hydrogens (tertiary/aromatic N) is 1. The predicted octanol–water partition coefficient (Wildman–Crippen LogP) is 2.39. The molecule has 146 valence electrons. The lowest BCUT2D eigenvalue weighted by Crippen LogP contribution is -2.26. The van der Waals surface area contributed by atoms with Gasteiger partial charge in [0.25, 0.3) is 5.91 Å². The van der Waals surface area contributed by atoms with Crippen LogP contribution in [0, 0.1) is 0 Å². The van der Waals surface area contributed by atoms with Gasteiger partial charge in [-0.3, -0.25) is 4.79 Å². The second kappa shape index (κ2) is 8.30. The first-order chi connectivity index (χ1) is 12.7. The van der Waals surface area contributed by atoms with Crippen LogP contribution in [0.2, 0.25) is 0 Å². The van der Waals surface area contributed by atoms with Gasteiger partial charge in [0.2, 0.25) is 5.75 Å². The number of ether oxygens (including phenoxy) is 3. The molecule has 0 saturated carbocycles. The van der Waals surface area contributed by atoms with Gasteiger partial charge in [-0.15, -0.1) is 0 Å². The van der Waals surface area contributed by atoms with Crippen LogP contribution in [0.5, 0.6) is 17.2 Å². The maximum Gasteiger partial charge on any atom is 0.253 e. The fourth-order valence-electron chi connectivity index (χ4n) is 2.70. The average Bonchev–Trinajstić information content (AvgIpc) is 2.66. The summed E-state index contributed by atoms with van der Waals surface area (Å²) < 4.78 is 39.5. The summed E-state index contributed by atoms with van der Waals surface area (Å²) in [6, 6.07) is 9.49. The van der Waals surface area contributed by atoms with E-state index in [-0.39, 0.29) is 17.3 Å². The molecule has 0 spiro atoms. The van der Waals surface area contributed by atoms with Crippen LogP contribution in [0.1, 0.15) is 15.9 Å². The van der Waals surface area contributed by atoms with Crippen molar-refractivity contribution in [3.63, 3.8) is 0 Å². The van der Waals surface area contributed by atoms with Gasteiger partial charge in [-0.1, -0.05) is 6.07 Å². The van der Waals surface area contributed by atoms with Crippen molar-refractivity contribution in [1.82, 2.24) is 4.90 Å². The lowest BCUT2D eigenvalue weighted by Gasteiger charge is -2.21. The molecule has 2 aromatic rings. The third kappa shape index (κ3) is 4.51. The zero-order chi connectivity index (χ0) is 20.2. The summed E-state index contributed by atoms with van der Waals surface area (Å²) in [6.45, 7) is 0.242. The van der Waals surface area contributed by atoms with Crippen LogP contribution in [-0.4, -0.2) is 53.9 Å². The number of sulfone groups is 1. The van der Waals surface area contributed by atoms with E-state index in [2.05, 4.69) is 0 Å². The minimum atomic E-state index is -3.39. The van der Waals surface area contributed by atoms with Crippen molar-refractivity contribution in [3.05, 3.63) is 47.5 Å². The summed E-state index contributed by atoms with van der Waals surface area (Å²) in [5.41, 5.74) is 1.02. The Labute approximate surface area is 159 Å². The van der Waals surface area contributed by atoms with Gasteiger partial charge in [-0.2, -0.15) is 0 Å². The fraction of sp³-hybridized carbons (Fsp3) is 0.316. The Morgan fingerprint density at radius 1 is 1.00 bits per heavy atom. The van der Waals surface area contributed by atoms with E-state index in [9.17, 15) is 13.2 Å². The maximum absolute atomic E-state index is 12.7. The van der Waals surface area contributed by atoms with Crippen LogP contribution in [0.25, 0.3) is 0 Å². The Morgan fingerprint density at radius 2 is 1.67 bits per heavy atom. The molecule has 2 rings (SSSR count). The van der Waals surface area contributed by atoms with Crippen LogP contribution in [0.15, 0.2) is 41.3 Å². The first-order valence-corrected chi connectivity index (χ1v) is 9.95. The summed E-state index contributed by atoms with van der Waals surface area (Å²) >= 11 is 0.